The molecule has 1 aliphatic heterocycles. The minimum Gasteiger partial charge on any atom is -0.351 e. The third-order valence-corrected chi connectivity index (χ3v) is 9.27. The van der Waals surface area contributed by atoms with Gasteiger partial charge in [-0.25, -0.2) is 4.39 Å². The Morgan fingerprint density at radius 3 is 2.23 bits per heavy atom. The maximum absolute atomic E-state index is 14.4. The summed E-state index contributed by atoms with van der Waals surface area (Å²) in [5, 5.41) is 6.66. The van der Waals surface area contributed by atoms with Gasteiger partial charge >= 0.3 is 0 Å². The summed E-state index contributed by atoms with van der Waals surface area (Å²) >= 11 is 0. The van der Waals surface area contributed by atoms with Crippen LogP contribution in [-0.2, 0) is 10.2 Å². The van der Waals surface area contributed by atoms with Gasteiger partial charge in [0.05, 0.1) is 6.54 Å². The quantitative estimate of drug-likeness (QED) is 0.164. The highest BCUT2D eigenvalue weighted by atomic mass is 31.1. The molecule has 1 fully saturated rings. The number of rotatable bonds is 10. The van der Waals surface area contributed by atoms with Crippen LogP contribution in [0.3, 0.4) is 0 Å². The van der Waals surface area contributed by atoms with Crippen molar-refractivity contribution in [3.8, 4) is 11.1 Å². The third kappa shape index (κ3) is 6.25. The summed E-state index contributed by atoms with van der Waals surface area (Å²) in [6.07, 6.45) is 3.31. The molecule has 5 nitrogen and oxygen atoms in total. The molecule has 1 aliphatic carbocycles. The zero-order valence-corrected chi connectivity index (χ0v) is 26.5. The van der Waals surface area contributed by atoms with E-state index in [0.717, 1.165) is 71.9 Å². The van der Waals surface area contributed by atoms with Crippen LogP contribution in [0.25, 0.3) is 21.9 Å². The number of alkyl halides is 1. The van der Waals surface area contributed by atoms with E-state index in [-0.39, 0.29) is 24.4 Å². The van der Waals surface area contributed by atoms with Gasteiger partial charge in [0.15, 0.2) is 5.15 Å². The summed E-state index contributed by atoms with van der Waals surface area (Å²) in [6, 6.07) is 30.2. The first-order valence-corrected chi connectivity index (χ1v) is 16.2. The third-order valence-electron chi connectivity index (χ3n) is 8.87. The van der Waals surface area contributed by atoms with E-state index < -0.39 is 10.6 Å². The standard InChI is InChI=1S/C35H38FN3O2P2/c36-35(42,43)23-37-33(41)34(30-13-5-3-11-28(30)29-12-4-6-14-31(29)34)18-7-8-19-39-20-17-27(22-39)38-32(40)26-16-15-24-9-1-2-10-25(24)21-26/h1-6,9-16,21,27H,7-8,17-20,22-23,42-43H2,(H,37,41)(H,38,40). The summed E-state index contributed by atoms with van der Waals surface area (Å²) in [7, 11) is 4.27. The molecule has 4 aromatic carbocycles. The molecule has 3 unspecified atom stereocenters. The van der Waals surface area contributed by atoms with Gasteiger partial charge in [-0.3, -0.25) is 9.59 Å². The van der Waals surface area contributed by atoms with Crippen LogP contribution < -0.4 is 10.6 Å². The first-order chi connectivity index (χ1) is 20.7. The number of halogens is 1. The van der Waals surface area contributed by atoms with E-state index in [9.17, 15) is 14.0 Å². The van der Waals surface area contributed by atoms with Crippen molar-refractivity contribution >= 4 is 41.1 Å². The molecule has 1 saturated heterocycles. The van der Waals surface area contributed by atoms with Gasteiger partial charge in [0.1, 0.15) is 5.41 Å². The van der Waals surface area contributed by atoms with Gasteiger partial charge < -0.3 is 15.5 Å². The monoisotopic (exact) mass is 613 g/mol. The van der Waals surface area contributed by atoms with E-state index in [1.165, 1.54) is 0 Å². The Morgan fingerprint density at radius 2 is 1.53 bits per heavy atom. The van der Waals surface area contributed by atoms with Crippen LogP contribution in [0.15, 0.2) is 91.0 Å². The fraction of sp³-hybridized carbons (Fsp3) is 0.314. The lowest BCUT2D eigenvalue weighted by Crippen LogP contribution is -2.46. The van der Waals surface area contributed by atoms with Gasteiger partial charge in [-0.05, 0) is 71.0 Å². The summed E-state index contributed by atoms with van der Waals surface area (Å²) < 4.78 is 14.4. The molecule has 222 valence electrons. The second-order valence-corrected chi connectivity index (χ2v) is 14.5. The molecule has 2 N–H and O–H groups in total. The van der Waals surface area contributed by atoms with Crippen LogP contribution in [0.1, 0.15) is 47.2 Å². The van der Waals surface area contributed by atoms with Crippen LogP contribution >= 0.6 is 18.5 Å². The summed E-state index contributed by atoms with van der Waals surface area (Å²) in [4.78, 5) is 29.4. The number of unbranched alkanes of at least 4 members (excludes halogenated alkanes) is 1. The molecule has 3 atom stereocenters. The van der Waals surface area contributed by atoms with Crippen LogP contribution in [0.2, 0.25) is 0 Å². The van der Waals surface area contributed by atoms with Gasteiger partial charge in [-0.1, -0.05) is 104 Å². The largest absolute Gasteiger partial charge is 0.351 e. The highest BCUT2D eigenvalue weighted by Crippen LogP contribution is 2.51. The van der Waals surface area contributed by atoms with Gasteiger partial charge in [0.2, 0.25) is 5.91 Å². The summed E-state index contributed by atoms with van der Waals surface area (Å²) in [5.74, 6) is -0.188. The van der Waals surface area contributed by atoms with Gasteiger partial charge in [-0.15, -0.1) is 0 Å². The number of likely N-dealkylation sites (tertiary alicyclic amines) is 1. The fourth-order valence-corrected chi connectivity index (χ4v) is 7.00. The van der Waals surface area contributed by atoms with Crippen molar-refractivity contribution in [2.75, 3.05) is 26.2 Å². The van der Waals surface area contributed by atoms with E-state index in [2.05, 4.69) is 46.1 Å². The fourth-order valence-electron chi connectivity index (χ4n) is 6.80. The Bertz CT molecular complexity index is 1610. The molecule has 1 heterocycles. The van der Waals surface area contributed by atoms with E-state index in [0.29, 0.717) is 12.0 Å². The molecule has 2 aliphatic rings. The van der Waals surface area contributed by atoms with Crippen molar-refractivity contribution in [3.63, 3.8) is 0 Å². The van der Waals surface area contributed by atoms with Crippen molar-refractivity contribution in [2.24, 2.45) is 0 Å². The molecule has 43 heavy (non-hydrogen) atoms. The number of amides is 2. The van der Waals surface area contributed by atoms with E-state index in [4.69, 9.17) is 0 Å². The molecule has 2 amide bonds. The zero-order chi connectivity index (χ0) is 30.0. The smallest absolute Gasteiger partial charge is 0.251 e. The molecule has 0 saturated carbocycles. The number of fused-ring (bicyclic) bond motifs is 4. The van der Waals surface area contributed by atoms with Crippen LogP contribution in [0, 0.1) is 0 Å². The van der Waals surface area contributed by atoms with Crippen LogP contribution in [0.4, 0.5) is 4.39 Å². The molecular formula is C35H38FN3O2P2. The van der Waals surface area contributed by atoms with E-state index in [1.807, 2.05) is 78.9 Å². The number of hydrogen-bond donors (Lipinski definition) is 2. The van der Waals surface area contributed by atoms with Crippen molar-refractivity contribution in [1.29, 1.82) is 0 Å². The Balaban J connectivity index is 1.09. The number of hydrogen-bond acceptors (Lipinski definition) is 3. The number of benzene rings is 4. The molecule has 0 spiro atoms. The number of nitrogens with zero attached hydrogens (tertiary/aromatic N) is 1. The van der Waals surface area contributed by atoms with E-state index >= 15 is 0 Å². The van der Waals surface area contributed by atoms with Crippen molar-refractivity contribution in [1.82, 2.24) is 15.5 Å². The Kier molecular flexibility index (Phi) is 8.65. The molecular weight excluding hydrogens is 575 g/mol. The molecule has 6 rings (SSSR count). The predicted octanol–water partition coefficient (Wildman–Crippen LogP) is 6.27. The van der Waals surface area contributed by atoms with Crippen molar-refractivity contribution in [2.45, 2.75) is 42.3 Å². The summed E-state index contributed by atoms with van der Waals surface area (Å²) in [6.45, 7) is 2.54. The highest BCUT2D eigenvalue weighted by Gasteiger charge is 2.48. The highest BCUT2D eigenvalue weighted by molar-refractivity contribution is 7.39. The van der Waals surface area contributed by atoms with Gasteiger partial charge in [-0.2, -0.15) is 0 Å². The van der Waals surface area contributed by atoms with Crippen molar-refractivity contribution < 1.29 is 14.0 Å². The first kappa shape index (κ1) is 29.9. The Hall–Kier alpha value is -3.17. The van der Waals surface area contributed by atoms with Crippen LogP contribution in [0.5, 0.6) is 0 Å². The maximum Gasteiger partial charge on any atom is 0.251 e. The average molecular weight is 614 g/mol. The number of carbonyl (C=O) groups excluding carboxylic acids is 2. The lowest BCUT2D eigenvalue weighted by atomic mass is 9.73. The molecule has 4 aromatic rings. The van der Waals surface area contributed by atoms with Gasteiger partial charge in [0.25, 0.3) is 5.91 Å². The molecule has 8 heteroatoms. The topological polar surface area (TPSA) is 61.4 Å². The second-order valence-electron chi connectivity index (χ2n) is 11.9. The predicted molar refractivity (Wildman–Crippen MR) is 179 cm³/mol. The molecule has 0 radical (unpaired) electrons. The molecule has 0 bridgehead atoms. The normalized spacial score (nSPS) is 17.4. The van der Waals surface area contributed by atoms with E-state index in [1.54, 1.807) is 0 Å². The van der Waals surface area contributed by atoms with Gasteiger partial charge in [0, 0.05) is 24.7 Å². The average Bonchev–Trinajstić information content (AvgIpc) is 3.58. The SMILES string of the molecule is O=C(NC1CCN(CCCCC2(C(=O)NCC(F)(P)P)c3ccccc3-c3ccccc32)C1)c1ccc2ccccc2c1. The lowest BCUT2D eigenvalue weighted by molar-refractivity contribution is -0.125. The van der Waals surface area contributed by atoms with Crippen LogP contribution in [-0.4, -0.2) is 54.1 Å². The Labute approximate surface area is 257 Å². The minimum atomic E-state index is -1.66. The number of nitrogens with one attached hydrogen (secondary N) is 2. The minimum absolute atomic E-state index is 0.0302. The number of carbonyl (C=O) groups is 2. The zero-order valence-electron chi connectivity index (χ0n) is 24.2. The first-order valence-electron chi connectivity index (χ1n) is 15.0. The van der Waals surface area contributed by atoms with Crippen molar-refractivity contribution in [3.05, 3.63) is 108 Å². The Morgan fingerprint density at radius 1 is 0.884 bits per heavy atom. The summed E-state index contributed by atoms with van der Waals surface area (Å²) in [5.41, 5.74) is 3.94. The maximum atomic E-state index is 14.4. The lowest BCUT2D eigenvalue weighted by Gasteiger charge is -2.32. The second kappa shape index (κ2) is 12.4. The molecule has 0 aromatic heterocycles.